The number of hydrogen-bond acceptors (Lipinski definition) is 2. The van der Waals surface area contributed by atoms with E-state index in [4.69, 9.17) is 5.11 Å². The molecule has 0 aromatic carbocycles. The molecule has 2 nitrogen and oxygen atoms in total. The van der Waals surface area contributed by atoms with E-state index in [1.165, 1.54) is 11.8 Å². The number of carboxylic acids is 1. The van der Waals surface area contributed by atoms with Crippen LogP contribution in [0.5, 0.6) is 0 Å². The molecular formula is C6H10O2S. The maximum absolute atomic E-state index is 10.5. The first kappa shape index (κ1) is 6.93. The Morgan fingerprint density at radius 2 is 2.33 bits per heavy atom. The number of carbonyl (C=O) groups is 1. The highest BCUT2D eigenvalue weighted by Crippen LogP contribution is 2.53. The maximum Gasteiger partial charge on any atom is 0.320 e. The lowest BCUT2D eigenvalue weighted by atomic mass is 10.3. The summed E-state index contributed by atoms with van der Waals surface area (Å²) in [5, 5.41) is 8.65. The van der Waals surface area contributed by atoms with Gasteiger partial charge in [0.15, 0.2) is 0 Å². The van der Waals surface area contributed by atoms with Crippen molar-refractivity contribution < 1.29 is 9.90 Å². The van der Waals surface area contributed by atoms with Gasteiger partial charge < -0.3 is 5.11 Å². The molecule has 0 spiro atoms. The largest absolute Gasteiger partial charge is 0.480 e. The van der Waals surface area contributed by atoms with E-state index in [9.17, 15) is 4.79 Å². The zero-order valence-electron chi connectivity index (χ0n) is 5.55. The molecule has 9 heavy (non-hydrogen) atoms. The second kappa shape index (κ2) is 1.90. The van der Waals surface area contributed by atoms with Gasteiger partial charge in [-0.25, -0.2) is 0 Å². The van der Waals surface area contributed by atoms with Gasteiger partial charge in [0, 0.05) is 0 Å². The van der Waals surface area contributed by atoms with Gasteiger partial charge in [-0.1, -0.05) is 6.92 Å². The van der Waals surface area contributed by atoms with Crippen molar-refractivity contribution in [2.45, 2.75) is 18.1 Å². The Morgan fingerprint density at radius 3 is 2.33 bits per heavy atom. The maximum atomic E-state index is 10.5. The van der Waals surface area contributed by atoms with Crippen molar-refractivity contribution in [1.29, 1.82) is 0 Å². The molecule has 0 aliphatic heterocycles. The highest BCUT2D eigenvalue weighted by atomic mass is 32.2. The summed E-state index contributed by atoms with van der Waals surface area (Å²) in [7, 11) is 0. The third-order valence-electron chi connectivity index (χ3n) is 1.97. The van der Waals surface area contributed by atoms with E-state index in [0.717, 1.165) is 6.42 Å². The molecule has 2 unspecified atom stereocenters. The number of hydrogen-bond donors (Lipinski definition) is 1. The van der Waals surface area contributed by atoms with Crippen LogP contribution in [-0.2, 0) is 4.79 Å². The van der Waals surface area contributed by atoms with Gasteiger partial charge >= 0.3 is 5.97 Å². The smallest absolute Gasteiger partial charge is 0.320 e. The summed E-state index contributed by atoms with van der Waals surface area (Å²) in [6.07, 6.45) is 2.70. The van der Waals surface area contributed by atoms with Crippen LogP contribution in [0.2, 0.25) is 0 Å². The fraction of sp³-hybridized carbons (Fsp3) is 0.833. The van der Waals surface area contributed by atoms with Crippen molar-refractivity contribution in [3.63, 3.8) is 0 Å². The SMILES string of the molecule is CSC1(C(=O)O)CC1C. The van der Waals surface area contributed by atoms with Crippen molar-refractivity contribution in [3.8, 4) is 0 Å². The minimum Gasteiger partial charge on any atom is -0.480 e. The molecule has 0 amide bonds. The predicted octanol–water partition coefficient (Wildman–Crippen LogP) is 1.21. The number of rotatable bonds is 2. The van der Waals surface area contributed by atoms with E-state index >= 15 is 0 Å². The van der Waals surface area contributed by atoms with E-state index in [-0.39, 0.29) is 0 Å². The lowest BCUT2D eigenvalue weighted by Crippen LogP contribution is -2.19. The third kappa shape index (κ3) is 0.834. The van der Waals surface area contributed by atoms with Gasteiger partial charge in [0.1, 0.15) is 4.75 Å². The van der Waals surface area contributed by atoms with E-state index in [0.29, 0.717) is 5.92 Å². The van der Waals surface area contributed by atoms with Gasteiger partial charge in [-0.3, -0.25) is 4.79 Å². The topological polar surface area (TPSA) is 37.3 Å². The fourth-order valence-electron chi connectivity index (χ4n) is 1.07. The monoisotopic (exact) mass is 146 g/mol. The molecule has 0 saturated heterocycles. The zero-order valence-corrected chi connectivity index (χ0v) is 6.36. The van der Waals surface area contributed by atoms with Gasteiger partial charge in [0.05, 0.1) is 0 Å². The average molecular weight is 146 g/mol. The highest BCUT2D eigenvalue weighted by molar-refractivity contribution is 8.01. The molecule has 0 bridgehead atoms. The van der Waals surface area contributed by atoms with Crippen LogP contribution in [0.4, 0.5) is 0 Å². The summed E-state index contributed by atoms with van der Waals surface area (Å²) in [4.78, 5) is 10.5. The molecule has 0 aromatic heterocycles. The van der Waals surface area contributed by atoms with Crippen LogP contribution in [0, 0.1) is 5.92 Å². The van der Waals surface area contributed by atoms with Gasteiger partial charge in [0.2, 0.25) is 0 Å². The average Bonchev–Trinajstić information content (AvgIpc) is 2.43. The van der Waals surface area contributed by atoms with Crippen molar-refractivity contribution in [1.82, 2.24) is 0 Å². The lowest BCUT2D eigenvalue weighted by Gasteiger charge is -2.04. The van der Waals surface area contributed by atoms with Crippen LogP contribution in [0.1, 0.15) is 13.3 Å². The second-order valence-corrected chi connectivity index (χ2v) is 3.64. The molecule has 3 heteroatoms. The Morgan fingerprint density at radius 1 is 1.89 bits per heavy atom. The lowest BCUT2D eigenvalue weighted by molar-refractivity contribution is -0.137. The molecule has 2 atom stereocenters. The minimum atomic E-state index is -0.650. The van der Waals surface area contributed by atoms with Crippen LogP contribution in [0.3, 0.4) is 0 Å². The van der Waals surface area contributed by atoms with E-state index in [1.807, 2.05) is 13.2 Å². The van der Waals surface area contributed by atoms with E-state index in [1.54, 1.807) is 0 Å². The van der Waals surface area contributed by atoms with Crippen molar-refractivity contribution in [2.24, 2.45) is 5.92 Å². The number of aliphatic carboxylic acids is 1. The molecule has 52 valence electrons. The molecule has 0 aromatic rings. The third-order valence-corrected chi connectivity index (χ3v) is 3.44. The zero-order chi connectivity index (χ0) is 7.07. The molecule has 1 N–H and O–H groups in total. The normalized spacial score (nSPS) is 40.4. The highest BCUT2D eigenvalue weighted by Gasteiger charge is 2.57. The Bertz CT molecular complexity index is 142. The van der Waals surface area contributed by atoms with Crippen LogP contribution in [0.15, 0.2) is 0 Å². The summed E-state index contributed by atoms with van der Waals surface area (Å²) in [6.45, 7) is 1.98. The first-order valence-electron chi connectivity index (χ1n) is 2.92. The standard InChI is InChI=1S/C6H10O2S/c1-4-3-6(4,9-2)5(7)8/h4H,3H2,1-2H3,(H,7,8). The van der Waals surface area contributed by atoms with Crippen molar-refractivity contribution >= 4 is 17.7 Å². The molecule has 0 heterocycles. The van der Waals surface area contributed by atoms with Gasteiger partial charge in [-0.15, -0.1) is 11.8 Å². The van der Waals surface area contributed by atoms with Crippen molar-refractivity contribution in [2.75, 3.05) is 6.26 Å². The molecular weight excluding hydrogens is 136 g/mol. The molecule has 0 radical (unpaired) electrons. The number of thioether (sulfide) groups is 1. The van der Waals surface area contributed by atoms with Crippen LogP contribution >= 0.6 is 11.8 Å². The van der Waals surface area contributed by atoms with Crippen LogP contribution < -0.4 is 0 Å². The van der Waals surface area contributed by atoms with Gasteiger partial charge in [-0.05, 0) is 18.6 Å². The second-order valence-electron chi connectivity index (χ2n) is 2.50. The first-order valence-corrected chi connectivity index (χ1v) is 4.14. The van der Waals surface area contributed by atoms with E-state index in [2.05, 4.69) is 0 Å². The Hall–Kier alpha value is -0.180. The fourth-order valence-corrected chi connectivity index (χ4v) is 2.06. The molecule has 1 saturated carbocycles. The summed E-state index contributed by atoms with van der Waals surface area (Å²) >= 11 is 1.45. The van der Waals surface area contributed by atoms with Crippen LogP contribution in [-0.4, -0.2) is 22.1 Å². The Balaban J connectivity index is 2.62. The molecule has 1 rings (SSSR count). The van der Waals surface area contributed by atoms with Gasteiger partial charge in [0.25, 0.3) is 0 Å². The summed E-state index contributed by atoms with van der Waals surface area (Å²) < 4.78 is -0.417. The van der Waals surface area contributed by atoms with E-state index < -0.39 is 10.7 Å². The Kier molecular flexibility index (Phi) is 1.47. The van der Waals surface area contributed by atoms with Gasteiger partial charge in [-0.2, -0.15) is 0 Å². The predicted molar refractivity (Wildman–Crippen MR) is 37.7 cm³/mol. The number of carboxylic acid groups (broad SMARTS) is 1. The minimum absolute atomic E-state index is 0.366. The Labute approximate surface area is 58.6 Å². The van der Waals surface area contributed by atoms with Crippen LogP contribution in [0.25, 0.3) is 0 Å². The quantitative estimate of drug-likeness (QED) is 0.636. The molecule has 1 aliphatic carbocycles. The van der Waals surface area contributed by atoms with Crippen molar-refractivity contribution in [3.05, 3.63) is 0 Å². The summed E-state index contributed by atoms with van der Waals surface area (Å²) in [5.41, 5.74) is 0. The molecule has 1 aliphatic rings. The first-order chi connectivity index (χ1) is 4.13. The molecule has 1 fully saturated rings. The summed E-state index contributed by atoms with van der Waals surface area (Å²) in [5.74, 6) is -0.285. The summed E-state index contributed by atoms with van der Waals surface area (Å²) in [6, 6.07) is 0.